The summed E-state index contributed by atoms with van der Waals surface area (Å²) >= 11 is 1.27. The van der Waals surface area contributed by atoms with Crippen LogP contribution in [0.15, 0.2) is 35.5 Å². The molecule has 9 heteroatoms. The van der Waals surface area contributed by atoms with Crippen molar-refractivity contribution >= 4 is 17.5 Å². The minimum Gasteiger partial charge on any atom is -0.435 e. The smallest absolute Gasteiger partial charge is 0.387 e. The molecule has 6 nitrogen and oxygen atoms in total. The number of aryl methyl sites for hydroxylation is 2. The van der Waals surface area contributed by atoms with E-state index < -0.39 is 6.61 Å². The summed E-state index contributed by atoms with van der Waals surface area (Å²) in [6.07, 6.45) is 0. The summed E-state index contributed by atoms with van der Waals surface area (Å²) in [6.45, 7) is 2.68. The molecule has 0 radical (unpaired) electrons. The van der Waals surface area contributed by atoms with Crippen molar-refractivity contribution < 1.29 is 18.3 Å². The standard InChI is InChI=1S/C18H18F2N4O2S/c1-10-8-15(16(25)9-27-18-21-12(3)22-23-18)11(2)24(10)13-4-6-14(7-5-13)26-17(19)20/h4-8,17H,9H2,1-3H3,(H,21,22,23). The van der Waals surface area contributed by atoms with Gasteiger partial charge < -0.3 is 9.30 Å². The van der Waals surface area contributed by atoms with Gasteiger partial charge in [0.25, 0.3) is 0 Å². The molecule has 1 aromatic carbocycles. The summed E-state index contributed by atoms with van der Waals surface area (Å²) in [5.41, 5.74) is 3.03. The van der Waals surface area contributed by atoms with Gasteiger partial charge in [0.15, 0.2) is 5.78 Å². The first-order chi connectivity index (χ1) is 12.8. The molecule has 0 amide bonds. The largest absolute Gasteiger partial charge is 0.435 e. The number of aromatic nitrogens is 4. The highest BCUT2D eigenvalue weighted by Gasteiger charge is 2.18. The fourth-order valence-corrected chi connectivity index (χ4v) is 3.54. The Morgan fingerprint density at radius 3 is 2.56 bits per heavy atom. The van der Waals surface area contributed by atoms with Gasteiger partial charge in [-0.2, -0.15) is 8.78 Å². The van der Waals surface area contributed by atoms with Gasteiger partial charge in [-0.25, -0.2) is 4.98 Å². The Kier molecular flexibility index (Phi) is 5.59. The van der Waals surface area contributed by atoms with E-state index in [9.17, 15) is 13.6 Å². The lowest BCUT2D eigenvalue weighted by molar-refractivity contribution is -0.0498. The Bertz CT molecular complexity index is 951. The predicted molar refractivity (Wildman–Crippen MR) is 98.0 cm³/mol. The van der Waals surface area contributed by atoms with Gasteiger partial charge >= 0.3 is 6.61 Å². The molecule has 0 aliphatic heterocycles. The van der Waals surface area contributed by atoms with Crippen LogP contribution in [0.1, 0.15) is 27.6 Å². The van der Waals surface area contributed by atoms with E-state index >= 15 is 0 Å². The predicted octanol–water partition coefficient (Wildman–Crippen LogP) is 4.10. The lowest BCUT2D eigenvalue weighted by Gasteiger charge is -2.11. The first-order valence-corrected chi connectivity index (χ1v) is 9.13. The highest BCUT2D eigenvalue weighted by Crippen LogP contribution is 2.25. The molecular formula is C18H18F2N4O2S. The first kappa shape index (κ1) is 19.1. The van der Waals surface area contributed by atoms with Crippen LogP contribution in [0.4, 0.5) is 8.78 Å². The molecule has 0 saturated carbocycles. The second kappa shape index (κ2) is 7.91. The van der Waals surface area contributed by atoms with E-state index in [0.717, 1.165) is 17.1 Å². The number of alkyl halides is 2. The van der Waals surface area contributed by atoms with E-state index in [1.54, 1.807) is 19.1 Å². The molecule has 0 unspecified atom stereocenters. The average Bonchev–Trinajstić information content (AvgIpc) is 3.16. The molecule has 142 valence electrons. The van der Waals surface area contributed by atoms with Crippen molar-refractivity contribution in [2.45, 2.75) is 32.5 Å². The molecule has 0 saturated heterocycles. The summed E-state index contributed by atoms with van der Waals surface area (Å²) < 4.78 is 30.8. The zero-order chi connectivity index (χ0) is 19.6. The molecule has 0 spiro atoms. The van der Waals surface area contributed by atoms with Gasteiger partial charge in [0.05, 0.1) is 5.75 Å². The number of carbonyl (C=O) groups excluding carboxylic acids is 1. The highest BCUT2D eigenvalue weighted by atomic mass is 32.2. The molecule has 2 heterocycles. The zero-order valence-electron chi connectivity index (χ0n) is 15.0. The number of halogens is 2. The second-order valence-corrected chi connectivity index (χ2v) is 6.85. The molecular weight excluding hydrogens is 374 g/mol. The van der Waals surface area contributed by atoms with Crippen LogP contribution in [0.5, 0.6) is 5.75 Å². The van der Waals surface area contributed by atoms with E-state index in [2.05, 4.69) is 19.9 Å². The Labute approximate surface area is 159 Å². The number of ether oxygens (including phenoxy) is 1. The highest BCUT2D eigenvalue weighted by molar-refractivity contribution is 7.99. The Morgan fingerprint density at radius 1 is 1.26 bits per heavy atom. The van der Waals surface area contributed by atoms with Crippen LogP contribution in [0.25, 0.3) is 5.69 Å². The van der Waals surface area contributed by atoms with E-state index in [4.69, 9.17) is 0 Å². The lowest BCUT2D eigenvalue weighted by Crippen LogP contribution is -2.06. The molecule has 1 N–H and O–H groups in total. The van der Waals surface area contributed by atoms with Gasteiger partial charge in [-0.15, -0.1) is 5.10 Å². The summed E-state index contributed by atoms with van der Waals surface area (Å²) in [5, 5.41) is 7.28. The van der Waals surface area contributed by atoms with Crippen LogP contribution in [-0.2, 0) is 0 Å². The van der Waals surface area contributed by atoms with Crippen LogP contribution in [0.2, 0.25) is 0 Å². The Morgan fingerprint density at radius 2 is 1.96 bits per heavy atom. The molecule has 0 fully saturated rings. The number of benzene rings is 1. The molecule has 0 bridgehead atoms. The summed E-state index contributed by atoms with van der Waals surface area (Å²) in [5.74, 6) is 0.982. The number of ketones is 1. The molecule has 3 aromatic rings. The number of aromatic amines is 1. The Balaban J connectivity index is 1.78. The molecule has 0 aliphatic rings. The summed E-state index contributed by atoms with van der Waals surface area (Å²) in [6, 6.07) is 8.13. The van der Waals surface area contributed by atoms with Crippen molar-refractivity contribution in [3.8, 4) is 11.4 Å². The maximum absolute atomic E-state index is 12.6. The van der Waals surface area contributed by atoms with Crippen LogP contribution in [0, 0.1) is 20.8 Å². The fourth-order valence-electron chi connectivity index (χ4n) is 2.81. The third-order valence-corrected chi connectivity index (χ3v) is 4.81. The topological polar surface area (TPSA) is 72.8 Å². The van der Waals surface area contributed by atoms with Gasteiger partial charge in [0, 0.05) is 22.6 Å². The SMILES string of the molecule is Cc1nc(SCC(=O)c2cc(C)n(-c3ccc(OC(F)F)cc3)c2C)n[nH]1. The van der Waals surface area contributed by atoms with Gasteiger partial charge in [-0.3, -0.25) is 9.89 Å². The molecule has 0 aliphatic carbocycles. The fraction of sp³-hybridized carbons (Fsp3) is 0.278. The van der Waals surface area contributed by atoms with Gasteiger partial charge in [-0.1, -0.05) is 11.8 Å². The van der Waals surface area contributed by atoms with Crippen molar-refractivity contribution in [2.24, 2.45) is 0 Å². The number of hydrogen-bond acceptors (Lipinski definition) is 5. The van der Waals surface area contributed by atoms with Gasteiger partial charge in [-0.05, 0) is 51.1 Å². The van der Waals surface area contributed by atoms with Crippen molar-refractivity contribution in [2.75, 3.05) is 5.75 Å². The van der Waals surface area contributed by atoms with Crippen LogP contribution >= 0.6 is 11.8 Å². The van der Waals surface area contributed by atoms with Crippen molar-refractivity contribution in [1.82, 2.24) is 19.7 Å². The molecule has 3 rings (SSSR count). The Hall–Kier alpha value is -2.68. The maximum atomic E-state index is 12.6. The van der Waals surface area contributed by atoms with Gasteiger partial charge in [0.2, 0.25) is 5.16 Å². The van der Waals surface area contributed by atoms with Gasteiger partial charge in [0.1, 0.15) is 11.6 Å². The minimum absolute atomic E-state index is 0.0283. The molecule has 2 aromatic heterocycles. The zero-order valence-corrected chi connectivity index (χ0v) is 15.8. The van der Waals surface area contributed by atoms with E-state index in [1.165, 1.54) is 23.9 Å². The quantitative estimate of drug-likeness (QED) is 0.484. The summed E-state index contributed by atoms with van der Waals surface area (Å²) in [4.78, 5) is 16.8. The minimum atomic E-state index is -2.86. The van der Waals surface area contributed by atoms with Crippen molar-refractivity contribution in [1.29, 1.82) is 0 Å². The molecule has 27 heavy (non-hydrogen) atoms. The van der Waals surface area contributed by atoms with Crippen molar-refractivity contribution in [3.63, 3.8) is 0 Å². The second-order valence-electron chi connectivity index (χ2n) is 5.91. The normalized spacial score (nSPS) is 11.2. The van der Waals surface area contributed by atoms with Crippen molar-refractivity contribution in [3.05, 3.63) is 53.1 Å². The van der Waals surface area contributed by atoms with Crippen LogP contribution in [-0.4, -0.2) is 37.9 Å². The van der Waals surface area contributed by atoms with Crippen LogP contribution < -0.4 is 4.74 Å². The number of H-pyrrole nitrogens is 1. The van der Waals surface area contributed by atoms with E-state index in [-0.39, 0.29) is 17.3 Å². The summed E-state index contributed by atoms with van der Waals surface area (Å²) in [7, 11) is 0. The number of nitrogens with zero attached hydrogens (tertiary/aromatic N) is 3. The number of Topliss-reactive ketones (excluding diaryl/α,β-unsaturated/α-hetero) is 1. The van der Waals surface area contributed by atoms with Crippen LogP contribution in [0.3, 0.4) is 0 Å². The van der Waals surface area contributed by atoms with E-state index in [0.29, 0.717) is 16.5 Å². The molecule has 0 atom stereocenters. The average molecular weight is 392 g/mol. The van der Waals surface area contributed by atoms with E-state index in [1.807, 2.05) is 24.5 Å². The third-order valence-electron chi connectivity index (χ3n) is 3.96. The maximum Gasteiger partial charge on any atom is 0.387 e. The monoisotopic (exact) mass is 392 g/mol. The first-order valence-electron chi connectivity index (χ1n) is 8.14. The number of carbonyl (C=O) groups is 1. The lowest BCUT2D eigenvalue weighted by atomic mass is 10.2. The third kappa shape index (κ3) is 4.36. The number of rotatable bonds is 7. The number of nitrogens with one attached hydrogen (secondary N) is 1. The number of hydrogen-bond donors (Lipinski definition) is 1. The number of thioether (sulfide) groups is 1.